The van der Waals surface area contributed by atoms with E-state index in [9.17, 15) is 9.59 Å². The molecule has 0 aliphatic heterocycles. The largest absolute Gasteiger partial charge is 0.576 e. The van der Waals surface area contributed by atoms with Gasteiger partial charge in [0, 0.05) is 11.1 Å². The Morgan fingerprint density at radius 1 is 0.622 bits per heavy atom. The number of imidazole rings is 2. The monoisotopic (exact) mass is 490 g/mol. The normalized spacial score (nSPS) is 10.9. The third kappa shape index (κ3) is 4.25. The van der Waals surface area contributed by atoms with Crippen LogP contribution in [0.5, 0.6) is 11.5 Å². The Morgan fingerprint density at radius 2 is 1.05 bits per heavy atom. The van der Waals surface area contributed by atoms with Crippen LogP contribution in [0.1, 0.15) is 20.7 Å². The number of aromatic nitrogens is 8. The standard InChI is InChI=1S/C24H15BN8O4/c34-23(32-13-30-19-9-26-11-28-21(19)32)15-1-5-17(6-2-15)36-25-37-18-7-3-16(4-8-18)24(35)33-14-31-20-10-27-12-29-22(20)33/h1-14,25H. The number of rotatable bonds is 6. The maximum absolute atomic E-state index is 12.8. The van der Waals surface area contributed by atoms with Crippen molar-refractivity contribution in [3.63, 3.8) is 0 Å². The fraction of sp³-hybridized carbons (Fsp3) is 0. The number of carbonyl (C=O) groups excluding carboxylic acids is 2. The van der Waals surface area contributed by atoms with Crippen molar-refractivity contribution in [2.45, 2.75) is 0 Å². The van der Waals surface area contributed by atoms with E-state index < -0.39 is 0 Å². The van der Waals surface area contributed by atoms with Gasteiger partial charge in [-0.05, 0) is 48.5 Å². The molecule has 0 saturated carbocycles. The molecule has 0 spiro atoms. The molecule has 178 valence electrons. The minimum absolute atomic E-state index is 0.0628. The Kier molecular flexibility index (Phi) is 5.54. The van der Waals surface area contributed by atoms with E-state index in [1.54, 1.807) is 60.9 Å². The zero-order valence-corrected chi connectivity index (χ0v) is 19.0. The molecule has 0 fully saturated rings. The second kappa shape index (κ2) is 9.30. The Balaban J connectivity index is 1.06. The van der Waals surface area contributed by atoms with Crippen LogP contribution in [0.25, 0.3) is 22.3 Å². The summed E-state index contributed by atoms with van der Waals surface area (Å²) in [4.78, 5) is 49.9. The zero-order chi connectivity index (χ0) is 25.2. The number of carbonyl (C=O) groups is 2. The van der Waals surface area contributed by atoms with Crippen molar-refractivity contribution in [2.24, 2.45) is 0 Å². The van der Waals surface area contributed by atoms with Gasteiger partial charge in [-0.2, -0.15) is 0 Å². The molecule has 2 aromatic carbocycles. The van der Waals surface area contributed by atoms with Gasteiger partial charge in [0.2, 0.25) is 0 Å². The van der Waals surface area contributed by atoms with E-state index in [1.807, 2.05) is 0 Å². The van der Waals surface area contributed by atoms with Gasteiger partial charge in [-0.25, -0.2) is 39.0 Å². The Bertz CT molecular complexity index is 1620. The summed E-state index contributed by atoms with van der Waals surface area (Å²) in [7, 11) is -0.0628. The molecule has 0 unspecified atom stereocenters. The predicted molar refractivity (Wildman–Crippen MR) is 131 cm³/mol. The molecule has 0 aliphatic rings. The zero-order valence-electron chi connectivity index (χ0n) is 19.0. The highest BCUT2D eigenvalue weighted by molar-refractivity contribution is 6.20. The van der Waals surface area contributed by atoms with Gasteiger partial charge in [0.1, 0.15) is 47.8 Å². The number of fused-ring (bicyclic) bond motifs is 2. The van der Waals surface area contributed by atoms with Crippen LogP contribution in [0.3, 0.4) is 0 Å². The van der Waals surface area contributed by atoms with E-state index in [4.69, 9.17) is 9.31 Å². The van der Waals surface area contributed by atoms with Crippen LogP contribution in [-0.4, -0.2) is 58.5 Å². The highest BCUT2D eigenvalue weighted by Crippen LogP contribution is 2.18. The van der Waals surface area contributed by atoms with Gasteiger partial charge in [-0.3, -0.25) is 9.59 Å². The van der Waals surface area contributed by atoms with Crippen LogP contribution in [0.2, 0.25) is 0 Å². The highest BCUT2D eigenvalue weighted by atomic mass is 16.6. The Morgan fingerprint density at radius 3 is 1.49 bits per heavy atom. The van der Waals surface area contributed by atoms with Crippen LogP contribution in [0, 0.1) is 0 Å². The van der Waals surface area contributed by atoms with E-state index in [2.05, 4.69) is 29.9 Å². The van der Waals surface area contributed by atoms with Crippen LogP contribution in [0.4, 0.5) is 0 Å². The minimum atomic E-state index is -0.269. The van der Waals surface area contributed by atoms with Gasteiger partial charge in [0.25, 0.3) is 11.8 Å². The van der Waals surface area contributed by atoms with Crippen molar-refractivity contribution in [3.8, 4) is 11.5 Å². The van der Waals surface area contributed by atoms with Crippen molar-refractivity contribution in [1.29, 1.82) is 0 Å². The molecule has 12 nitrogen and oxygen atoms in total. The topological polar surface area (TPSA) is 140 Å². The van der Waals surface area contributed by atoms with Crippen LogP contribution < -0.4 is 9.31 Å². The van der Waals surface area contributed by atoms with E-state index in [0.29, 0.717) is 45.0 Å². The minimum Gasteiger partial charge on any atom is -0.529 e. The first-order valence-corrected chi connectivity index (χ1v) is 11.0. The molecule has 0 amide bonds. The SMILES string of the molecule is O=C(c1ccc(OBOc2ccc(C(=O)n3cnc4cncnc43)cc2)cc1)n1cnc2cncnc21. The van der Waals surface area contributed by atoms with Gasteiger partial charge in [-0.15, -0.1) is 0 Å². The summed E-state index contributed by atoms with van der Waals surface area (Å²) < 4.78 is 14.0. The molecule has 4 aromatic heterocycles. The number of benzene rings is 2. The molecule has 37 heavy (non-hydrogen) atoms. The summed E-state index contributed by atoms with van der Waals surface area (Å²) >= 11 is 0. The molecule has 0 atom stereocenters. The van der Waals surface area contributed by atoms with Crippen LogP contribution in [-0.2, 0) is 0 Å². The number of hydrogen-bond donors (Lipinski definition) is 0. The molecular formula is C24H15BN8O4. The van der Waals surface area contributed by atoms with E-state index >= 15 is 0 Å². The van der Waals surface area contributed by atoms with Gasteiger partial charge >= 0.3 is 7.69 Å². The summed E-state index contributed by atoms with van der Waals surface area (Å²) in [6.45, 7) is 0. The van der Waals surface area contributed by atoms with Crippen LogP contribution >= 0.6 is 0 Å². The highest BCUT2D eigenvalue weighted by Gasteiger charge is 2.15. The van der Waals surface area contributed by atoms with Crippen molar-refractivity contribution in [1.82, 2.24) is 39.0 Å². The fourth-order valence-corrected chi connectivity index (χ4v) is 3.66. The van der Waals surface area contributed by atoms with Crippen LogP contribution in [0.15, 0.2) is 86.2 Å². The first kappa shape index (κ1) is 22.0. The summed E-state index contributed by atoms with van der Waals surface area (Å²) in [6.07, 6.45) is 8.67. The fourth-order valence-electron chi connectivity index (χ4n) is 3.66. The lowest BCUT2D eigenvalue weighted by Crippen LogP contribution is -2.13. The number of hydrogen-bond acceptors (Lipinski definition) is 10. The Hall–Kier alpha value is -5.46. The molecule has 0 saturated heterocycles. The summed E-state index contributed by atoms with van der Waals surface area (Å²) in [6, 6.07) is 13.3. The third-order valence-electron chi connectivity index (χ3n) is 5.52. The summed E-state index contributed by atoms with van der Waals surface area (Å²) in [5.74, 6) is 0.509. The van der Waals surface area contributed by atoms with Gasteiger partial charge in [0.05, 0.1) is 12.4 Å². The lowest BCUT2D eigenvalue weighted by molar-refractivity contribution is 0.0955. The lowest BCUT2D eigenvalue weighted by Gasteiger charge is -2.09. The van der Waals surface area contributed by atoms with Crippen molar-refractivity contribution >= 4 is 41.8 Å². The van der Waals surface area contributed by atoms with E-state index in [0.717, 1.165) is 0 Å². The van der Waals surface area contributed by atoms with Gasteiger partial charge in [-0.1, -0.05) is 0 Å². The van der Waals surface area contributed by atoms with Crippen molar-refractivity contribution in [2.75, 3.05) is 0 Å². The quantitative estimate of drug-likeness (QED) is 0.319. The summed E-state index contributed by atoms with van der Waals surface area (Å²) in [5, 5.41) is 0. The average molecular weight is 490 g/mol. The van der Waals surface area contributed by atoms with Gasteiger partial charge < -0.3 is 9.31 Å². The van der Waals surface area contributed by atoms with Crippen molar-refractivity contribution in [3.05, 3.63) is 97.4 Å². The molecule has 13 heteroatoms. The second-order valence-corrected chi connectivity index (χ2v) is 7.76. The molecule has 0 N–H and O–H groups in total. The van der Waals surface area contributed by atoms with E-state index in [1.165, 1.54) is 34.4 Å². The molecular weight excluding hydrogens is 475 g/mol. The maximum atomic E-state index is 12.8. The first-order chi connectivity index (χ1) is 18.2. The smallest absolute Gasteiger partial charge is 0.529 e. The van der Waals surface area contributed by atoms with Gasteiger partial charge in [0.15, 0.2) is 11.3 Å². The Labute approximate surface area is 208 Å². The maximum Gasteiger partial charge on any atom is 0.576 e. The average Bonchev–Trinajstić information content (AvgIpc) is 3.58. The third-order valence-corrected chi connectivity index (χ3v) is 5.52. The molecule has 6 aromatic rings. The predicted octanol–water partition coefficient (Wildman–Crippen LogP) is 2.07. The molecule has 0 aliphatic carbocycles. The first-order valence-electron chi connectivity index (χ1n) is 11.0. The molecule has 0 radical (unpaired) electrons. The second-order valence-electron chi connectivity index (χ2n) is 7.76. The lowest BCUT2D eigenvalue weighted by atomic mass is 10.2. The van der Waals surface area contributed by atoms with E-state index in [-0.39, 0.29) is 19.5 Å². The van der Waals surface area contributed by atoms with Crippen molar-refractivity contribution < 1.29 is 18.9 Å². The molecule has 4 heterocycles. The number of nitrogens with zero attached hydrogens (tertiary/aromatic N) is 8. The molecule has 0 bridgehead atoms. The molecule has 6 rings (SSSR count). The summed E-state index contributed by atoms with van der Waals surface area (Å²) in [5.41, 5.74) is 2.85.